The molecule has 2 rings (SSSR count). The Morgan fingerprint density at radius 2 is 1.71 bits per heavy atom. The van der Waals surface area contributed by atoms with Crippen LogP contribution in [0.15, 0.2) is 48.5 Å². The zero-order valence-electron chi connectivity index (χ0n) is 7.85. The first kappa shape index (κ1) is 9.79. The topological polar surface area (TPSA) is 12.9 Å². The minimum atomic E-state index is 0.829. The predicted octanol–water partition coefficient (Wildman–Crippen LogP) is 0.931. The summed E-state index contributed by atoms with van der Waals surface area (Å²) in [5.41, 5.74) is 2.51. The molecule has 0 amide bonds. The van der Waals surface area contributed by atoms with Crippen molar-refractivity contribution in [2.24, 2.45) is 0 Å². The molecule has 1 aromatic carbocycles. The van der Waals surface area contributed by atoms with Crippen LogP contribution in [0.1, 0.15) is 11.3 Å². The van der Waals surface area contributed by atoms with E-state index in [1.165, 1.54) is 14.7 Å². The fourth-order valence-electron chi connectivity index (χ4n) is 1.40. The van der Waals surface area contributed by atoms with Crippen molar-refractivity contribution in [2.75, 3.05) is 0 Å². The van der Waals surface area contributed by atoms with Gasteiger partial charge in [-0.2, -0.15) is 0 Å². The summed E-state index contributed by atoms with van der Waals surface area (Å²) in [5.74, 6) is 0. The maximum atomic E-state index is 4.54. The van der Waals surface area contributed by atoms with Crippen LogP contribution in [0.2, 0.25) is 0 Å². The average molecular weight is 379 g/mol. The Morgan fingerprint density at radius 1 is 0.929 bits per heavy atom. The van der Waals surface area contributed by atoms with Crippen LogP contribution in [0.5, 0.6) is 0 Å². The van der Waals surface area contributed by atoms with Gasteiger partial charge in [0.05, 0.1) is 0 Å². The molecule has 0 aliphatic carbocycles. The Morgan fingerprint density at radius 3 is 2.43 bits per heavy atom. The molecule has 0 atom stereocenters. The van der Waals surface area contributed by atoms with Crippen LogP contribution in [0.25, 0.3) is 0 Å². The van der Waals surface area contributed by atoms with Gasteiger partial charge in [-0.3, -0.25) is 0 Å². The number of nitrogens with zero attached hydrogens (tertiary/aromatic N) is 1. The Balaban J connectivity index is 2.19. The summed E-state index contributed by atoms with van der Waals surface area (Å²) < 4.78 is 1.25. The SMILES string of the molecule is [BiH2][c]1cccc(Cc2ccccc2)n1. The molecule has 0 radical (unpaired) electrons. The summed E-state index contributed by atoms with van der Waals surface area (Å²) in [4.78, 5) is 4.54. The first-order chi connectivity index (χ1) is 6.84. The van der Waals surface area contributed by atoms with Gasteiger partial charge in [0.25, 0.3) is 0 Å². The molecule has 70 valence electrons. The molecule has 1 aromatic heterocycles. The third-order valence-electron chi connectivity index (χ3n) is 2.06. The summed E-state index contributed by atoms with van der Waals surface area (Å²) in [6, 6.07) is 16.8. The summed E-state index contributed by atoms with van der Waals surface area (Å²) in [7, 11) is 0. The molecule has 1 heterocycles. The second kappa shape index (κ2) is 4.66. The van der Waals surface area contributed by atoms with Gasteiger partial charge in [-0.15, -0.1) is 0 Å². The van der Waals surface area contributed by atoms with Gasteiger partial charge >= 0.3 is 99.3 Å². The van der Waals surface area contributed by atoms with Crippen molar-refractivity contribution < 1.29 is 0 Å². The van der Waals surface area contributed by atoms with Crippen molar-refractivity contribution >= 4 is 28.1 Å². The van der Waals surface area contributed by atoms with E-state index >= 15 is 0 Å². The molecule has 0 fully saturated rings. The number of benzene rings is 1. The van der Waals surface area contributed by atoms with Crippen molar-refractivity contribution in [3.63, 3.8) is 0 Å². The molecule has 2 heteroatoms. The Labute approximate surface area is 99.0 Å². The number of hydrogen-bond acceptors (Lipinski definition) is 1. The van der Waals surface area contributed by atoms with E-state index in [0.29, 0.717) is 0 Å². The van der Waals surface area contributed by atoms with E-state index in [9.17, 15) is 0 Å². The van der Waals surface area contributed by atoms with Gasteiger partial charge in [0.2, 0.25) is 0 Å². The van der Waals surface area contributed by atoms with E-state index in [2.05, 4.69) is 47.4 Å². The standard InChI is InChI=1S/C12H10N.Bi.2H/c1-2-6-11(7-3-1)10-12-8-4-5-9-13-12;;;/h1-8H,10H2;;;. The minimum absolute atomic E-state index is 0.829. The molecule has 14 heavy (non-hydrogen) atoms. The number of aromatic nitrogens is 1. The second-order valence-corrected chi connectivity index (χ2v) is 5.52. The summed E-state index contributed by atoms with van der Waals surface area (Å²) in [5, 5.41) is 0. The predicted molar refractivity (Wildman–Crippen MR) is 61.7 cm³/mol. The van der Waals surface area contributed by atoms with Gasteiger partial charge in [0, 0.05) is 0 Å². The van der Waals surface area contributed by atoms with Gasteiger partial charge in [-0.25, -0.2) is 0 Å². The van der Waals surface area contributed by atoms with Crippen molar-refractivity contribution in [1.29, 1.82) is 0 Å². The molecule has 0 bridgehead atoms. The fraction of sp³-hybridized carbons (Fsp3) is 0.0833. The molecule has 0 aliphatic heterocycles. The molecule has 1 nitrogen and oxygen atoms in total. The normalized spacial score (nSPS) is 10.1. The van der Waals surface area contributed by atoms with E-state index in [1.54, 1.807) is 0 Å². The first-order valence-corrected chi connectivity index (χ1v) is 6.84. The van der Waals surface area contributed by atoms with E-state index in [4.69, 9.17) is 0 Å². The van der Waals surface area contributed by atoms with Gasteiger partial charge in [-0.05, 0) is 0 Å². The molecule has 0 aliphatic rings. The third kappa shape index (κ3) is 2.62. The zero-order valence-corrected chi connectivity index (χ0v) is 12.3. The molecule has 0 saturated carbocycles. The van der Waals surface area contributed by atoms with Gasteiger partial charge in [-0.1, -0.05) is 0 Å². The van der Waals surface area contributed by atoms with Crippen LogP contribution in [-0.2, 0) is 6.42 Å². The van der Waals surface area contributed by atoms with E-state index in [-0.39, 0.29) is 0 Å². The number of pyridine rings is 1. The van der Waals surface area contributed by atoms with Gasteiger partial charge in [0.15, 0.2) is 0 Å². The quantitative estimate of drug-likeness (QED) is 0.708. The molecular weight excluding hydrogens is 367 g/mol. The Kier molecular flexibility index (Phi) is 3.26. The average Bonchev–Trinajstić information content (AvgIpc) is 2.19. The molecular formula is C12H12BiN. The van der Waals surface area contributed by atoms with Gasteiger partial charge < -0.3 is 0 Å². The van der Waals surface area contributed by atoms with Crippen LogP contribution < -0.4 is 3.40 Å². The van der Waals surface area contributed by atoms with Gasteiger partial charge in [0.1, 0.15) is 0 Å². The van der Waals surface area contributed by atoms with Crippen molar-refractivity contribution in [1.82, 2.24) is 4.98 Å². The zero-order chi connectivity index (χ0) is 9.80. The summed E-state index contributed by atoms with van der Waals surface area (Å²) in [6.45, 7) is 0. The summed E-state index contributed by atoms with van der Waals surface area (Å²) >= 11 is 0.829. The fourth-order valence-corrected chi connectivity index (χ4v) is 2.48. The number of rotatable bonds is 2. The second-order valence-electron chi connectivity index (χ2n) is 3.22. The monoisotopic (exact) mass is 379 g/mol. The van der Waals surface area contributed by atoms with Crippen LogP contribution in [0.3, 0.4) is 0 Å². The van der Waals surface area contributed by atoms with Crippen molar-refractivity contribution in [2.45, 2.75) is 6.42 Å². The summed E-state index contributed by atoms with van der Waals surface area (Å²) in [6.07, 6.45) is 0.946. The van der Waals surface area contributed by atoms with Crippen molar-refractivity contribution in [3.05, 3.63) is 59.8 Å². The van der Waals surface area contributed by atoms with Crippen LogP contribution in [-0.4, -0.2) is 29.7 Å². The van der Waals surface area contributed by atoms with E-state index in [1.807, 2.05) is 6.07 Å². The van der Waals surface area contributed by atoms with E-state index in [0.717, 1.165) is 31.1 Å². The third-order valence-corrected chi connectivity index (χ3v) is 3.31. The molecule has 0 saturated heterocycles. The van der Waals surface area contributed by atoms with Crippen LogP contribution >= 0.6 is 0 Å². The first-order valence-electron chi connectivity index (χ1n) is 4.60. The Bertz CT molecular complexity index is 412. The molecule has 0 spiro atoms. The van der Waals surface area contributed by atoms with E-state index < -0.39 is 0 Å². The molecule has 0 N–H and O–H groups in total. The maximum absolute atomic E-state index is 4.54. The van der Waals surface area contributed by atoms with Crippen LogP contribution in [0, 0.1) is 0 Å². The van der Waals surface area contributed by atoms with Crippen LogP contribution in [0.4, 0.5) is 0 Å². The molecule has 0 unspecified atom stereocenters. The number of hydrogen-bond donors (Lipinski definition) is 0. The molecule has 2 aromatic rings. The Hall–Kier alpha value is -0.747. The van der Waals surface area contributed by atoms with Crippen molar-refractivity contribution in [3.8, 4) is 0 Å².